The molecular weight excluding hydrogens is 913 g/mol. The molecule has 0 aliphatic heterocycles. The van der Waals surface area contributed by atoms with Crippen LogP contribution < -0.4 is 0 Å². The molecule has 0 unspecified atom stereocenters. The number of rotatable bonds is 6. The highest BCUT2D eigenvalue weighted by Gasteiger charge is 2.19. The summed E-state index contributed by atoms with van der Waals surface area (Å²) >= 11 is 0. The first-order valence-electron chi connectivity index (χ1n) is 26.3. The predicted octanol–water partition coefficient (Wildman–Crippen LogP) is 21.4. The van der Waals surface area contributed by atoms with Gasteiger partial charge in [-0.05, 0) is 154 Å². The molecule has 0 fully saturated rings. The van der Waals surface area contributed by atoms with E-state index in [4.69, 9.17) is 0 Å². The van der Waals surface area contributed by atoms with Crippen LogP contribution in [0.5, 0.6) is 0 Å². The van der Waals surface area contributed by atoms with Crippen LogP contribution in [0.25, 0.3) is 142 Å². The maximum Gasteiger partial charge on any atom is -0.00201 e. The van der Waals surface area contributed by atoms with Gasteiger partial charge < -0.3 is 0 Å². The second-order valence-corrected chi connectivity index (χ2v) is 19.9. The van der Waals surface area contributed by atoms with Crippen molar-refractivity contribution < 1.29 is 0 Å². The Bertz CT molecular complexity index is 4540. The minimum Gasteiger partial charge on any atom is -0.0622 e. The molecule has 0 spiro atoms. The van der Waals surface area contributed by atoms with E-state index in [-0.39, 0.29) is 0 Å². The Morgan fingerprint density at radius 2 is 0.408 bits per heavy atom. The molecular formula is C76H50. The van der Waals surface area contributed by atoms with Crippen molar-refractivity contribution in [2.45, 2.75) is 0 Å². The monoisotopic (exact) mass is 962 g/mol. The fraction of sp³-hybridized carbons (Fsp3) is 0. The molecule has 15 aromatic rings. The van der Waals surface area contributed by atoms with E-state index in [2.05, 4.69) is 303 Å². The summed E-state index contributed by atoms with van der Waals surface area (Å²) in [6.07, 6.45) is 0. The summed E-state index contributed by atoms with van der Waals surface area (Å²) < 4.78 is 0. The van der Waals surface area contributed by atoms with Gasteiger partial charge in [-0.3, -0.25) is 0 Å². The molecule has 0 saturated carbocycles. The summed E-state index contributed by atoms with van der Waals surface area (Å²) in [5.74, 6) is 0. The van der Waals surface area contributed by atoms with Crippen LogP contribution in [0.3, 0.4) is 0 Å². The van der Waals surface area contributed by atoms with E-state index in [1.54, 1.807) is 0 Å². The van der Waals surface area contributed by atoms with Crippen LogP contribution in [-0.4, -0.2) is 0 Å². The van der Waals surface area contributed by atoms with Gasteiger partial charge in [0, 0.05) is 0 Å². The quantitative estimate of drug-likeness (QED) is 0.146. The van der Waals surface area contributed by atoms with E-state index in [0.29, 0.717) is 0 Å². The predicted molar refractivity (Wildman–Crippen MR) is 328 cm³/mol. The van der Waals surface area contributed by atoms with E-state index in [1.807, 2.05) is 0 Å². The lowest BCUT2D eigenvalue weighted by molar-refractivity contribution is 1.62. The van der Waals surface area contributed by atoms with Gasteiger partial charge in [0.1, 0.15) is 0 Å². The zero-order valence-corrected chi connectivity index (χ0v) is 41.9. The van der Waals surface area contributed by atoms with Crippen LogP contribution in [0.1, 0.15) is 0 Å². The number of hydrogen-bond donors (Lipinski definition) is 0. The molecule has 15 aromatic carbocycles. The summed E-state index contributed by atoms with van der Waals surface area (Å²) in [6.45, 7) is 0. The minimum absolute atomic E-state index is 1.23. The first-order valence-corrected chi connectivity index (χ1v) is 26.3. The highest BCUT2D eigenvalue weighted by molar-refractivity contribution is 6.24. The fourth-order valence-electron chi connectivity index (χ4n) is 11.9. The molecule has 0 heteroatoms. The Labute approximate surface area is 443 Å². The molecule has 0 atom stereocenters. The average molecular weight is 963 g/mol. The molecule has 0 aliphatic carbocycles. The van der Waals surface area contributed by atoms with Crippen molar-refractivity contribution in [1.82, 2.24) is 0 Å². The van der Waals surface area contributed by atoms with Gasteiger partial charge in [0.05, 0.1) is 0 Å². The van der Waals surface area contributed by atoms with Crippen LogP contribution in [-0.2, 0) is 0 Å². The van der Waals surface area contributed by atoms with Crippen LogP contribution in [0.15, 0.2) is 303 Å². The van der Waals surface area contributed by atoms with Gasteiger partial charge in [-0.2, -0.15) is 0 Å². The lowest BCUT2D eigenvalue weighted by atomic mass is 9.84. The third-order valence-corrected chi connectivity index (χ3v) is 15.5. The van der Waals surface area contributed by atoms with Crippen molar-refractivity contribution in [2.75, 3.05) is 0 Å². The van der Waals surface area contributed by atoms with Crippen molar-refractivity contribution >= 4 is 75.4 Å². The van der Waals surface area contributed by atoms with E-state index >= 15 is 0 Å². The van der Waals surface area contributed by atoms with Crippen molar-refractivity contribution in [3.05, 3.63) is 303 Å². The van der Waals surface area contributed by atoms with Gasteiger partial charge in [0.25, 0.3) is 0 Å². The molecule has 0 N–H and O–H groups in total. The number of hydrogen-bond acceptors (Lipinski definition) is 0. The summed E-state index contributed by atoms with van der Waals surface area (Å²) in [5, 5.41) is 17.9. The van der Waals surface area contributed by atoms with E-state index in [0.717, 1.165) is 0 Å². The van der Waals surface area contributed by atoms with Crippen molar-refractivity contribution in [1.29, 1.82) is 0 Å². The molecule has 0 nitrogen and oxygen atoms in total. The van der Waals surface area contributed by atoms with Crippen molar-refractivity contribution in [3.8, 4) is 66.8 Å². The van der Waals surface area contributed by atoms with Gasteiger partial charge in [-0.1, -0.05) is 291 Å². The molecule has 0 saturated heterocycles. The maximum atomic E-state index is 2.29. The molecule has 76 heavy (non-hydrogen) atoms. The lowest BCUT2D eigenvalue weighted by Gasteiger charge is -2.19. The van der Waals surface area contributed by atoms with E-state index in [9.17, 15) is 0 Å². The second kappa shape index (κ2) is 19.2. The Hall–Kier alpha value is -9.88. The molecule has 0 heterocycles. The average Bonchev–Trinajstić information content (AvgIpc) is 3.57. The molecule has 354 valence electrons. The van der Waals surface area contributed by atoms with Crippen LogP contribution in [0.2, 0.25) is 0 Å². The molecule has 15 rings (SSSR count). The molecule has 0 bridgehead atoms. The summed E-state index contributed by atoms with van der Waals surface area (Å²) in [5.41, 5.74) is 15.2. The Balaban J connectivity index is 0.000000140. The third kappa shape index (κ3) is 7.96. The largest absolute Gasteiger partial charge is 0.0622 e. The zero-order valence-electron chi connectivity index (χ0n) is 41.9. The van der Waals surface area contributed by atoms with Gasteiger partial charge in [-0.25, -0.2) is 0 Å². The molecule has 0 radical (unpaired) electrons. The fourth-order valence-corrected chi connectivity index (χ4v) is 11.9. The Morgan fingerprint density at radius 3 is 0.816 bits per heavy atom. The summed E-state index contributed by atoms with van der Waals surface area (Å²) in [6, 6.07) is 110. The van der Waals surface area contributed by atoms with Crippen LogP contribution in [0.4, 0.5) is 0 Å². The third-order valence-electron chi connectivity index (χ3n) is 15.5. The Morgan fingerprint density at radius 1 is 0.132 bits per heavy atom. The highest BCUT2D eigenvalue weighted by Crippen LogP contribution is 2.47. The first-order chi connectivity index (χ1) is 37.7. The minimum atomic E-state index is 1.23. The topological polar surface area (TPSA) is 0 Å². The molecule has 0 aliphatic rings. The van der Waals surface area contributed by atoms with Gasteiger partial charge in [-0.15, -0.1) is 0 Å². The first kappa shape index (κ1) is 44.8. The normalized spacial score (nSPS) is 11.4. The maximum absolute atomic E-state index is 2.29. The molecule has 0 amide bonds. The highest BCUT2D eigenvalue weighted by atomic mass is 14.2. The SMILES string of the molecule is c1ccc(-c2c3ccccc3c(-c3ccc(-c4ccc5ccccc5c4)cc3)c3ccccc23)cc1.c1ccc2cc(-c3ccc(-c4c5ccccc5c(-c5cccc6ccccc56)c5ccccc45)cc3)ccc2c1. The van der Waals surface area contributed by atoms with Gasteiger partial charge in [0.2, 0.25) is 0 Å². The Kier molecular flexibility index (Phi) is 11.3. The van der Waals surface area contributed by atoms with Crippen molar-refractivity contribution in [3.63, 3.8) is 0 Å². The number of fused-ring (bicyclic) bond motifs is 7. The van der Waals surface area contributed by atoms with Crippen LogP contribution >= 0.6 is 0 Å². The summed E-state index contributed by atoms with van der Waals surface area (Å²) in [7, 11) is 0. The smallest absolute Gasteiger partial charge is 0.00201 e. The van der Waals surface area contributed by atoms with Gasteiger partial charge in [0.15, 0.2) is 0 Å². The standard InChI is InChI=1S/C40H26.C36H24/c1-2-12-31-26-32(25-22-27(31)10-1)28-20-23-30(24-21-28)39-35-15-5-7-17-37(35)40(38-18-8-6-16-36(38)39)34-19-9-13-29-11-3-4-14-33(29)34;1-2-11-27(12-3-1)35-31-14-6-8-16-33(31)36(34-17-9-7-15-32(34)35)28-21-18-26(19-22-28)30-23-20-25-10-4-5-13-29(25)24-30/h1-26H;1-24H. The lowest BCUT2D eigenvalue weighted by Crippen LogP contribution is -1.91. The zero-order chi connectivity index (χ0) is 50.4. The second-order valence-electron chi connectivity index (χ2n) is 19.9. The van der Waals surface area contributed by atoms with E-state index in [1.165, 1.54) is 142 Å². The number of benzene rings is 15. The van der Waals surface area contributed by atoms with Crippen molar-refractivity contribution in [2.24, 2.45) is 0 Å². The van der Waals surface area contributed by atoms with Gasteiger partial charge >= 0.3 is 0 Å². The molecule has 0 aromatic heterocycles. The summed E-state index contributed by atoms with van der Waals surface area (Å²) in [4.78, 5) is 0. The van der Waals surface area contributed by atoms with E-state index < -0.39 is 0 Å². The van der Waals surface area contributed by atoms with Crippen LogP contribution in [0, 0.1) is 0 Å².